The van der Waals surface area contributed by atoms with Crippen LogP contribution in [0.2, 0.25) is 0 Å². The van der Waals surface area contributed by atoms with Crippen molar-refractivity contribution < 1.29 is 14.3 Å². The van der Waals surface area contributed by atoms with Crippen LogP contribution in [0.1, 0.15) is 37.2 Å². The third-order valence-corrected chi connectivity index (χ3v) is 2.06. The van der Waals surface area contributed by atoms with Gasteiger partial charge < -0.3 is 10.1 Å². The van der Waals surface area contributed by atoms with Crippen LogP contribution in [0.15, 0.2) is 0 Å². The number of rotatable bonds is 5. The van der Waals surface area contributed by atoms with E-state index in [-0.39, 0.29) is 12.4 Å². The van der Waals surface area contributed by atoms with E-state index in [0.717, 1.165) is 0 Å². The molecule has 0 aromatic carbocycles. The summed E-state index contributed by atoms with van der Waals surface area (Å²) in [5.74, 6) is -0.328. The number of amides is 1. The number of nitrogens with one attached hydrogen (secondary N) is 2. The Labute approximate surface area is 99.0 Å². The van der Waals surface area contributed by atoms with E-state index < -0.39 is 17.9 Å². The van der Waals surface area contributed by atoms with Gasteiger partial charge in [-0.15, -0.1) is 5.10 Å². The number of carbonyl (C=O) groups excluding carboxylic acids is 2. The van der Waals surface area contributed by atoms with Crippen molar-refractivity contribution in [3.63, 3.8) is 0 Å². The number of hydrogen-bond donors (Lipinski definition) is 2. The third kappa shape index (κ3) is 3.54. The smallest absolute Gasteiger partial charge is 0.328 e. The van der Waals surface area contributed by atoms with Gasteiger partial charge in [-0.05, 0) is 13.8 Å². The zero-order valence-electron chi connectivity index (χ0n) is 10.1. The Morgan fingerprint density at radius 1 is 1.47 bits per heavy atom. The van der Waals surface area contributed by atoms with E-state index in [1.165, 1.54) is 0 Å². The Hall–Kier alpha value is -1.92. The zero-order valence-corrected chi connectivity index (χ0v) is 10.1. The Morgan fingerprint density at radius 2 is 2.18 bits per heavy atom. The molecular formula is C10H16N4O3. The maximum Gasteiger partial charge on any atom is 0.328 e. The summed E-state index contributed by atoms with van der Waals surface area (Å²) >= 11 is 0. The van der Waals surface area contributed by atoms with Gasteiger partial charge in [0, 0.05) is 6.42 Å². The summed E-state index contributed by atoms with van der Waals surface area (Å²) in [4.78, 5) is 26.9. The van der Waals surface area contributed by atoms with Crippen molar-refractivity contribution in [2.24, 2.45) is 0 Å². The lowest BCUT2D eigenvalue weighted by atomic mass is 10.3. The minimum Gasteiger partial charge on any atom is -0.464 e. The number of H-pyrrole nitrogens is 1. The molecule has 0 fully saturated rings. The number of carbonyl (C=O) groups is 2. The molecule has 0 saturated heterocycles. The lowest BCUT2D eigenvalue weighted by Crippen LogP contribution is -2.40. The predicted molar refractivity (Wildman–Crippen MR) is 59.3 cm³/mol. The average molecular weight is 240 g/mol. The Morgan fingerprint density at radius 3 is 2.71 bits per heavy atom. The van der Waals surface area contributed by atoms with Crippen molar-refractivity contribution in [1.29, 1.82) is 0 Å². The fraction of sp³-hybridized carbons (Fsp3) is 0.600. The first-order valence-electron chi connectivity index (χ1n) is 5.47. The minimum atomic E-state index is -0.717. The van der Waals surface area contributed by atoms with Crippen LogP contribution in [-0.4, -0.2) is 39.7 Å². The number of aromatic nitrogens is 3. The zero-order chi connectivity index (χ0) is 12.8. The van der Waals surface area contributed by atoms with Gasteiger partial charge in [-0.25, -0.2) is 9.78 Å². The quantitative estimate of drug-likeness (QED) is 0.709. The van der Waals surface area contributed by atoms with E-state index in [0.29, 0.717) is 12.2 Å². The van der Waals surface area contributed by atoms with Gasteiger partial charge in [0.05, 0.1) is 6.61 Å². The highest BCUT2D eigenvalue weighted by Gasteiger charge is 2.19. The molecule has 2 N–H and O–H groups in total. The molecule has 0 bridgehead atoms. The van der Waals surface area contributed by atoms with Gasteiger partial charge in [-0.1, -0.05) is 6.92 Å². The van der Waals surface area contributed by atoms with Gasteiger partial charge in [0.15, 0.2) is 0 Å². The van der Waals surface area contributed by atoms with Crippen LogP contribution in [-0.2, 0) is 16.0 Å². The van der Waals surface area contributed by atoms with Crippen molar-refractivity contribution in [2.45, 2.75) is 33.2 Å². The van der Waals surface area contributed by atoms with Gasteiger partial charge in [0.1, 0.15) is 11.9 Å². The summed E-state index contributed by atoms with van der Waals surface area (Å²) in [5, 5.41) is 8.83. The molecule has 0 aliphatic heterocycles. The highest BCUT2D eigenvalue weighted by Crippen LogP contribution is 1.95. The van der Waals surface area contributed by atoms with Crippen LogP contribution < -0.4 is 5.32 Å². The molecule has 0 saturated carbocycles. The molecule has 0 aliphatic carbocycles. The predicted octanol–water partition coefficient (Wildman–Crippen LogP) is 0.0485. The molecule has 1 atom stereocenters. The van der Waals surface area contributed by atoms with Crippen molar-refractivity contribution in [2.75, 3.05) is 6.61 Å². The average Bonchev–Trinajstić information content (AvgIpc) is 2.77. The number of hydrogen-bond acceptors (Lipinski definition) is 5. The van der Waals surface area contributed by atoms with Crippen LogP contribution in [0.4, 0.5) is 0 Å². The van der Waals surface area contributed by atoms with Crippen LogP contribution in [0.5, 0.6) is 0 Å². The number of nitrogens with zero attached hydrogens (tertiary/aromatic N) is 2. The number of aromatic amines is 1. The molecule has 94 valence electrons. The largest absolute Gasteiger partial charge is 0.464 e. The third-order valence-electron chi connectivity index (χ3n) is 2.06. The number of aryl methyl sites for hydroxylation is 1. The van der Waals surface area contributed by atoms with Crippen LogP contribution >= 0.6 is 0 Å². The Kier molecular flexibility index (Phi) is 4.62. The molecule has 1 unspecified atom stereocenters. The van der Waals surface area contributed by atoms with E-state index in [1.807, 2.05) is 6.92 Å². The molecule has 1 rings (SSSR count). The topological polar surface area (TPSA) is 97.0 Å². The minimum absolute atomic E-state index is 0.0259. The van der Waals surface area contributed by atoms with E-state index >= 15 is 0 Å². The lowest BCUT2D eigenvalue weighted by molar-refractivity contribution is -0.144. The fourth-order valence-corrected chi connectivity index (χ4v) is 1.14. The van der Waals surface area contributed by atoms with Crippen LogP contribution in [0.25, 0.3) is 0 Å². The first-order chi connectivity index (χ1) is 8.08. The van der Waals surface area contributed by atoms with Crippen molar-refractivity contribution in [3.8, 4) is 0 Å². The second-order valence-electron chi connectivity index (χ2n) is 3.41. The molecule has 7 heteroatoms. The van der Waals surface area contributed by atoms with Crippen molar-refractivity contribution in [1.82, 2.24) is 20.5 Å². The number of ether oxygens (including phenoxy) is 1. The summed E-state index contributed by atoms with van der Waals surface area (Å²) in [5.41, 5.74) is 0. The molecule has 1 aromatic rings. The molecular weight excluding hydrogens is 224 g/mol. The first-order valence-corrected chi connectivity index (χ1v) is 5.47. The highest BCUT2D eigenvalue weighted by molar-refractivity contribution is 5.93. The van der Waals surface area contributed by atoms with Gasteiger partial charge in [0.2, 0.25) is 5.82 Å². The summed E-state index contributed by atoms with van der Waals surface area (Å²) in [6.45, 7) is 5.42. The summed E-state index contributed by atoms with van der Waals surface area (Å²) in [6.07, 6.45) is 0.660. The molecule has 7 nitrogen and oxygen atoms in total. The second-order valence-corrected chi connectivity index (χ2v) is 3.41. The monoisotopic (exact) mass is 240 g/mol. The van der Waals surface area contributed by atoms with E-state index in [4.69, 9.17) is 4.74 Å². The Bertz CT molecular complexity index is 402. The van der Waals surface area contributed by atoms with Crippen molar-refractivity contribution >= 4 is 11.9 Å². The molecule has 1 amide bonds. The van der Waals surface area contributed by atoms with E-state index in [1.54, 1.807) is 13.8 Å². The highest BCUT2D eigenvalue weighted by atomic mass is 16.5. The molecule has 1 aromatic heterocycles. The van der Waals surface area contributed by atoms with Gasteiger partial charge >= 0.3 is 5.97 Å². The van der Waals surface area contributed by atoms with Gasteiger partial charge in [-0.2, -0.15) is 0 Å². The van der Waals surface area contributed by atoms with Crippen LogP contribution in [0.3, 0.4) is 0 Å². The SMILES string of the molecule is CCOC(=O)C(C)NC(=O)c1n[nH]c(CC)n1. The Balaban J connectivity index is 2.56. The maximum absolute atomic E-state index is 11.6. The van der Waals surface area contributed by atoms with E-state index in [2.05, 4.69) is 20.5 Å². The number of esters is 1. The second kappa shape index (κ2) is 5.97. The molecule has 1 heterocycles. The molecule has 0 radical (unpaired) electrons. The van der Waals surface area contributed by atoms with Crippen molar-refractivity contribution in [3.05, 3.63) is 11.6 Å². The molecule has 0 spiro atoms. The summed E-state index contributed by atoms with van der Waals surface area (Å²) in [7, 11) is 0. The van der Waals surface area contributed by atoms with Gasteiger partial charge in [0.25, 0.3) is 5.91 Å². The summed E-state index contributed by atoms with van der Waals surface area (Å²) < 4.78 is 4.76. The summed E-state index contributed by atoms with van der Waals surface area (Å²) in [6, 6.07) is -0.717. The molecule has 0 aliphatic rings. The normalized spacial score (nSPS) is 11.9. The van der Waals surface area contributed by atoms with E-state index in [9.17, 15) is 9.59 Å². The maximum atomic E-state index is 11.6. The molecule has 17 heavy (non-hydrogen) atoms. The fourth-order valence-electron chi connectivity index (χ4n) is 1.14. The first kappa shape index (κ1) is 13.1. The van der Waals surface area contributed by atoms with Crippen LogP contribution in [0, 0.1) is 0 Å². The standard InChI is InChI=1S/C10H16N4O3/c1-4-7-12-8(14-13-7)9(15)11-6(3)10(16)17-5-2/h6H,4-5H2,1-3H3,(H,11,15)(H,12,13,14). The lowest BCUT2D eigenvalue weighted by Gasteiger charge is -2.10. The van der Waals surface area contributed by atoms with Gasteiger partial charge in [-0.3, -0.25) is 9.89 Å².